The van der Waals surface area contributed by atoms with E-state index in [1.165, 1.54) is 16.4 Å². The third-order valence-electron chi connectivity index (χ3n) is 5.14. The van der Waals surface area contributed by atoms with E-state index in [0.29, 0.717) is 25.4 Å². The first kappa shape index (κ1) is 22.0. The van der Waals surface area contributed by atoms with Crippen LogP contribution in [-0.4, -0.2) is 55.5 Å². The quantitative estimate of drug-likeness (QED) is 0.525. The number of hydrogen-bond acceptors (Lipinski definition) is 7. The minimum atomic E-state index is -3.81. The number of hydrogen-bond donors (Lipinski definition) is 1. The van der Waals surface area contributed by atoms with E-state index >= 15 is 0 Å². The van der Waals surface area contributed by atoms with Crippen molar-refractivity contribution in [2.75, 3.05) is 37.7 Å². The van der Waals surface area contributed by atoms with Crippen LogP contribution in [0.15, 0.2) is 47.4 Å². The molecule has 0 aromatic heterocycles. The van der Waals surface area contributed by atoms with Gasteiger partial charge >= 0.3 is 0 Å². The smallest absolute Gasteiger partial charge is 0.293 e. The monoisotopic (exact) mass is 435 g/mol. The molecule has 30 heavy (non-hydrogen) atoms. The van der Waals surface area contributed by atoms with E-state index in [9.17, 15) is 23.6 Å². The molecule has 1 N–H and O–H groups in total. The topological polar surface area (TPSA) is 113 Å². The molecule has 2 aromatic carbocycles. The largest absolute Gasteiger partial charge is 0.508 e. The summed E-state index contributed by atoms with van der Waals surface area (Å²) in [5, 5.41) is 21.5. The first-order valence-corrected chi connectivity index (χ1v) is 11.2. The van der Waals surface area contributed by atoms with Crippen LogP contribution in [0.4, 0.5) is 11.4 Å². The van der Waals surface area contributed by atoms with Crippen LogP contribution in [-0.2, 0) is 14.8 Å². The lowest BCUT2D eigenvalue weighted by Gasteiger charge is -2.34. The zero-order chi connectivity index (χ0) is 21.9. The molecule has 0 spiro atoms. The van der Waals surface area contributed by atoms with E-state index in [0.717, 1.165) is 11.6 Å². The second-order valence-corrected chi connectivity index (χ2v) is 8.84. The molecule has 1 saturated heterocycles. The third kappa shape index (κ3) is 4.40. The lowest BCUT2D eigenvalue weighted by atomic mass is 10.1. The second-order valence-electron chi connectivity index (χ2n) is 6.90. The summed E-state index contributed by atoms with van der Waals surface area (Å²) in [7, 11) is -3.81. The molecule has 1 aliphatic rings. The highest BCUT2D eigenvalue weighted by atomic mass is 32.2. The zero-order valence-corrected chi connectivity index (χ0v) is 17.7. The average Bonchev–Trinajstić information content (AvgIpc) is 2.74. The highest BCUT2D eigenvalue weighted by molar-refractivity contribution is 7.89. The summed E-state index contributed by atoms with van der Waals surface area (Å²) in [4.78, 5) is 12.9. The van der Waals surface area contributed by atoms with E-state index in [4.69, 9.17) is 4.74 Å². The number of morpholine rings is 1. The summed E-state index contributed by atoms with van der Waals surface area (Å²) in [5.41, 5.74) is 0.842. The Hall–Kier alpha value is -2.69. The highest BCUT2D eigenvalue weighted by Crippen LogP contribution is 2.35. The van der Waals surface area contributed by atoms with Gasteiger partial charge < -0.3 is 14.7 Å². The summed E-state index contributed by atoms with van der Waals surface area (Å²) in [6.45, 7) is 5.12. The van der Waals surface area contributed by atoms with Crippen LogP contribution in [0.1, 0.15) is 25.5 Å². The molecule has 1 atom stereocenters. The number of aromatic hydroxyl groups is 1. The molecule has 9 nitrogen and oxygen atoms in total. The lowest BCUT2D eigenvalue weighted by Crippen LogP contribution is -2.38. The fourth-order valence-electron chi connectivity index (χ4n) is 3.58. The van der Waals surface area contributed by atoms with E-state index in [2.05, 4.69) is 0 Å². The van der Waals surface area contributed by atoms with Gasteiger partial charge in [0.15, 0.2) is 0 Å². The number of nitro groups is 1. The van der Waals surface area contributed by atoms with Crippen LogP contribution >= 0.6 is 0 Å². The van der Waals surface area contributed by atoms with Gasteiger partial charge in [0.25, 0.3) is 5.69 Å². The van der Waals surface area contributed by atoms with Gasteiger partial charge in [-0.2, -0.15) is 4.31 Å². The SMILES string of the molecule is CCN(CC)S(=O)(=O)c1ccc(N2CCO[C@@H](c3cccc(O)c3)C2)c([N+](=O)[O-])c1. The fraction of sp³-hybridized carbons (Fsp3) is 0.400. The molecule has 1 aliphatic heterocycles. The molecule has 0 radical (unpaired) electrons. The summed E-state index contributed by atoms with van der Waals surface area (Å²) in [6.07, 6.45) is -0.371. The van der Waals surface area contributed by atoms with Crippen molar-refractivity contribution in [3.8, 4) is 5.75 Å². The van der Waals surface area contributed by atoms with Crippen LogP contribution in [0.25, 0.3) is 0 Å². The number of phenols is 1. The minimum absolute atomic E-state index is 0.0977. The first-order chi connectivity index (χ1) is 14.3. The van der Waals surface area contributed by atoms with Gasteiger partial charge in [-0.05, 0) is 29.8 Å². The molecule has 0 unspecified atom stereocenters. The van der Waals surface area contributed by atoms with Crippen molar-refractivity contribution < 1.29 is 23.2 Å². The molecule has 2 aromatic rings. The van der Waals surface area contributed by atoms with Crippen molar-refractivity contribution in [2.24, 2.45) is 0 Å². The molecule has 10 heteroatoms. The normalized spacial score (nSPS) is 17.3. The second kappa shape index (κ2) is 8.99. The van der Waals surface area contributed by atoms with Crippen molar-refractivity contribution in [1.82, 2.24) is 4.31 Å². The summed E-state index contributed by atoms with van der Waals surface area (Å²) in [5.74, 6) is 0.116. The Morgan fingerprint density at radius 1 is 1.23 bits per heavy atom. The van der Waals surface area contributed by atoms with Crippen LogP contribution in [0.3, 0.4) is 0 Å². The number of nitro benzene ring substituents is 1. The molecule has 1 heterocycles. The van der Waals surface area contributed by atoms with Gasteiger partial charge in [0, 0.05) is 32.2 Å². The summed E-state index contributed by atoms with van der Waals surface area (Å²) >= 11 is 0. The first-order valence-electron chi connectivity index (χ1n) is 9.72. The fourth-order valence-corrected chi connectivity index (χ4v) is 5.06. The van der Waals surface area contributed by atoms with Crippen molar-refractivity contribution in [2.45, 2.75) is 24.8 Å². The molecule has 162 valence electrons. The van der Waals surface area contributed by atoms with Gasteiger partial charge in [-0.1, -0.05) is 26.0 Å². The van der Waals surface area contributed by atoms with Crippen LogP contribution < -0.4 is 4.90 Å². The summed E-state index contributed by atoms with van der Waals surface area (Å²) in [6, 6.07) is 10.7. The third-order valence-corrected chi connectivity index (χ3v) is 7.18. The van der Waals surface area contributed by atoms with Gasteiger partial charge in [-0.25, -0.2) is 8.42 Å². The Balaban J connectivity index is 1.94. The Morgan fingerprint density at radius 3 is 2.60 bits per heavy atom. The number of anilines is 1. The number of benzene rings is 2. The van der Waals surface area contributed by atoms with Crippen LogP contribution in [0.5, 0.6) is 5.75 Å². The molecule has 0 aliphatic carbocycles. The summed E-state index contributed by atoms with van der Waals surface area (Å²) < 4.78 is 32.6. The van der Waals surface area contributed by atoms with Gasteiger partial charge in [0.05, 0.1) is 16.4 Å². The van der Waals surface area contributed by atoms with E-state index in [1.807, 2.05) is 11.0 Å². The van der Waals surface area contributed by atoms with Gasteiger partial charge in [0.1, 0.15) is 17.5 Å². The maximum absolute atomic E-state index is 12.8. The molecule has 3 rings (SSSR count). The molecule has 0 amide bonds. The van der Waals surface area contributed by atoms with E-state index in [1.54, 1.807) is 32.0 Å². The predicted molar refractivity (Wildman–Crippen MR) is 112 cm³/mol. The molecular formula is C20H25N3O6S. The Labute approximate surface area is 175 Å². The van der Waals surface area contributed by atoms with Crippen LogP contribution in [0, 0.1) is 10.1 Å². The van der Waals surface area contributed by atoms with Gasteiger partial charge in [-0.15, -0.1) is 0 Å². The molecule has 0 bridgehead atoms. The molecule has 0 saturated carbocycles. The number of nitrogens with zero attached hydrogens (tertiary/aromatic N) is 3. The van der Waals surface area contributed by atoms with E-state index in [-0.39, 0.29) is 35.5 Å². The minimum Gasteiger partial charge on any atom is -0.508 e. The molecule has 1 fully saturated rings. The van der Waals surface area contributed by atoms with Gasteiger partial charge in [-0.3, -0.25) is 10.1 Å². The van der Waals surface area contributed by atoms with Crippen LogP contribution in [0.2, 0.25) is 0 Å². The number of rotatable bonds is 7. The number of ether oxygens (including phenoxy) is 1. The van der Waals surface area contributed by atoms with Crippen molar-refractivity contribution in [3.05, 3.63) is 58.1 Å². The lowest BCUT2D eigenvalue weighted by molar-refractivity contribution is -0.384. The number of sulfonamides is 1. The van der Waals surface area contributed by atoms with Crippen molar-refractivity contribution in [1.29, 1.82) is 0 Å². The Bertz CT molecular complexity index is 1020. The van der Waals surface area contributed by atoms with Crippen molar-refractivity contribution in [3.63, 3.8) is 0 Å². The van der Waals surface area contributed by atoms with Crippen molar-refractivity contribution >= 4 is 21.4 Å². The standard InChI is InChI=1S/C20H25N3O6S/c1-3-22(4-2)30(27,28)17-8-9-18(19(13-17)23(25)26)21-10-11-29-20(14-21)15-6-5-7-16(24)12-15/h5-9,12-13,20,24H,3-4,10-11,14H2,1-2H3/t20-/m1/s1. The Morgan fingerprint density at radius 2 is 1.97 bits per heavy atom. The maximum atomic E-state index is 12.8. The average molecular weight is 436 g/mol. The van der Waals surface area contributed by atoms with E-state index < -0.39 is 14.9 Å². The number of phenolic OH excluding ortho intramolecular Hbond substituents is 1. The zero-order valence-electron chi connectivity index (χ0n) is 16.9. The maximum Gasteiger partial charge on any atom is 0.293 e. The van der Waals surface area contributed by atoms with Gasteiger partial charge in [0.2, 0.25) is 10.0 Å². The highest BCUT2D eigenvalue weighted by Gasteiger charge is 2.30. The molecular weight excluding hydrogens is 410 g/mol. The Kier molecular flexibility index (Phi) is 6.59. The predicted octanol–water partition coefficient (Wildman–Crippen LogP) is 2.91.